The third-order valence-corrected chi connectivity index (χ3v) is 7.14. The summed E-state index contributed by atoms with van der Waals surface area (Å²) in [5, 5.41) is 5.95. The minimum Gasteiger partial charge on any atom is -0.491 e. The summed E-state index contributed by atoms with van der Waals surface area (Å²) in [5.74, 6) is -1.78. The van der Waals surface area contributed by atoms with Gasteiger partial charge in [0.15, 0.2) is 6.29 Å². The van der Waals surface area contributed by atoms with Gasteiger partial charge < -0.3 is 35.5 Å². The number of aldehydes is 1. The standard InChI is InChI=1S/C29H34F2N6O5/c1-33-24-13-34-7-6-25(24)37-14-18(27(23(32)15-37)36-29(39)41-3)10-17-11-20(42-9-8-40-2)12-22(31)26(17)28-21(30)5-4-19(16-38)35-28/h4-7,11-13,16,18,23,27,33H,8-10,14-15,32H2,1-3H3,(H,36,39)/t18-,23?,27?/m0/s1. The van der Waals surface area contributed by atoms with Crippen LogP contribution in [0.3, 0.4) is 0 Å². The van der Waals surface area contributed by atoms with Gasteiger partial charge >= 0.3 is 6.09 Å². The van der Waals surface area contributed by atoms with Gasteiger partial charge in [-0.2, -0.15) is 0 Å². The van der Waals surface area contributed by atoms with Gasteiger partial charge in [-0.3, -0.25) is 9.78 Å². The fourth-order valence-electron chi connectivity index (χ4n) is 5.22. The molecule has 3 heterocycles. The molecule has 0 spiro atoms. The molecule has 1 saturated heterocycles. The number of nitrogens with two attached hydrogens (primary N) is 1. The van der Waals surface area contributed by atoms with E-state index in [9.17, 15) is 9.59 Å². The van der Waals surface area contributed by atoms with E-state index in [2.05, 4.69) is 25.5 Å². The van der Waals surface area contributed by atoms with Crippen molar-refractivity contribution in [2.45, 2.75) is 18.5 Å². The number of hydrogen-bond acceptors (Lipinski definition) is 10. The maximum Gasteiger partial charge on any atom is 0.407 e. The Morgan fingerprint density at radius 1 is 1.17 bits per heavy atom. The van der Waals surface area contributed by atoms with E-state index < -0.39 is 35.7 Å². The quantitative estimate of drug-likeness (QED) is 0.228. The molecule has 224 valence electrons. The second kappa shape index (κ2) is 14.0. The summed E-state index contributed by atoms with van der Waals surface area (Å²) >= 11 is 0. The van der Waals surface area contributed by atoms with E-state index in [1.54, 1.807) is 25.5 Å². The monoisotopic (exact) mass is 584 g/mol. The molecule has 1 aliphatic heterocycles. The predicted octanol–water partition coefficient (Wildman–Crippen LogP) is 3.03. The number of nitrogens with zero attached hydrogens (tertiary/aromatic N) is 3. The largest absolute Gasteiger partial charge is 0.491 e. The first kappa shape index (κ1) is 30.6. The van der Waals surface area contributed by atoms with Gasteiger partial charge in [-0.1, -0.05) is 0 Å². The number of rotatable bonds is 11. The van der Waals surface area contributed by atoms with Crippen LogP contribution in [0, 0.1) is 17.6 Å². The Kier molecular flexibility index (Phi) is 10.2. The number of anilines is 2. The second-order valence-corrected chi connectivity index (χ2v) is 9.80. The Labute approximate surface area is 242 Å². The molecular weight excluding hydrogens is 550 g/mol. The Balaban J connectivity index is 1.81. The van der Waals surface area contributed by atoms with Crippen molar-refractivity contribution in [2.75, 3.05) is 57.8 Å². The summed E-state index contributed by atoms with van der Waals surface area (Å²) in [5.41, 5.74) is 8.13. The van der Waals surface area contributed by atoms with Gasteiger partial charge in [-0.25, -0.2) is 18.6 Å². The molecule has 4 rings (SSSR count). The molecule has 13 heteroatoms. The van der Waals surface area contributed by atoms with Crippen molar-refractivity contribution < 1.29 is 32.6 Å². The number of amides is 1. The van der Waals surface area contributed by atoms with E-state index in [-0.39, 0.29) is 42.3 Å². The number of carbonyl (C=O) groups is 2. The Bertz CT molecular complexity index is 1410. The number of piperidine rings is 1. The molecule has 4 N–H and O–H groups in total. The molecule has 0 aliphatic carbocycles. The maximum absolute atomic E-state index is 15.8. The molecule has 3 aromatic rings. The SMILES string of the molecule is CNc1cnccc1N1CC(N)C(NC(=O)OC)[C@@H](Cc2cc(OCCOC)cc(F)c2-c2nc(C=O)ccc2F)C1. The minimum absolute atomic E-state index is 0.0504. The molecule has 1 aromatic carbocycles. The Hall–Kier alpha value is -4.36. The number of nitrogens with one attached hydrogen (secondary N) is 2. The summed E-state index contributed by atoms with van der Waals surface area (Å²) in [6, 6.07) is 5.75. The molecule has 2 unspecified atom stereocenters. The Morgan fingerprint density at radius 3 is 2.69 bits per heavy atom. The van der Waals surface area contributed by atoms with E-state index in [4.69, 9.17) is 19.9 Å². The molecule has 42 heavy (non-hydrogen) atoms. The zero-order chi connectivity index (χ0) is 30.2. The van der Waals surface area contributed by atoms with Crippen molar-refractivity contribution in [1.29, 1.82) is 0 Å². The predicted molar refractivity (Wildman–Crippen MR) is 153 cm³/mol. The number of halogens is 2. The van der Waals surface area contributed by atoms with Crippen molar-refractivity contribution in [1.82, 2.24) is 15.3 Å². The first-order valence-electron chi connectivity index (χ1n) is 13.3. The van der Waals surface area contributed by atoms with Crippen LogP contribution in [0.4, 0.5) is 25.0 Å². The van der Waals surface area contributed by atoms with Gasteiger partial charge in [0.05, 0.1) is 37.3 Å². The zero-order valence-electron chi connectivity index (χ0n) is 23.6. The van der Waals surface area contributed by atoms with Crippen LogP contribution >= 0.6 is 0 Å². The number of alkyl carbamates (subject to hydrolysis) is 1. The smallest absolute Gasteiger partial charge is 0.407 e. The normalized spacial score (nSPS) is 18.3. The maximum atomic E-state index is 15.8. The molecule has 1 aliphatic rings. The number of hydrogen-bond donors (Lipinski definition) is 3. The summed E-state index contributed by atoms with van der Waals surface area (Å²) in [6.45, 7) is 1.21. The zero-order valence-corrected chi connectivity index (χ0v) is 23.6. The lowest BCUT2D eigenvalue weighted by Crippen LogP contribution is -2.63. The topological polar surface area (TPSA) is 141 Å². The summed E-state index contributed by atoms with van der Waals surface area (Å²) in [7, 11) is 4.55. The average molecular weight is 585 g/mol. The van der Waals surface area contributed by atoms with Crippen LogP contribution in [0.25, 0.3) is 11.3 Å². The fourth-order valence-corrected chi connectivity index (χ4v) is 5.22. The van der Waals surface area contributed by atoms with E-state index in [0.29, 0.717) is 24.9 Å². The second-order valence-electron chi connectivity index (χ2n) is 9.80. The highest BCUT2D eigenvalue weighted by Gasteiger charge is 2.38. The number of benzene rings is 1. The van der Waals surface area contributed by atoms with Crippen LogP contribution in [-0.4, -0.2) is 82.0 Å². The van der Waals surface area contributed by atoms with Crippen molar-refractivity contribution >= 4 is 23.8 Å². The molecule has 1 fully saturated rings. The lowest BCUT2D eigenvalue weighted by atomic mass is 9.82. The number of pyridine rings is 2. The van der Waals surface area contributed by atoms with Gasteiger partial charge in [0, 0.05) is 57.0 Å². The van der Waals surface area contributed by atoms with Crippen LogP contribution < -0.4 is 26.0 Å². The van der Waals surface area contributed by atoms with Crippen LogP contribution in [0.15, 0.2) is 42.7 Å². The first-order valence-corrected chi connectivity index (χ1v) is 13.3. The van der Waals surface area contributed by atoms with E-state index in [1.807, 2.05) is 6.07 Å². The average Bonchev–Trinajstić information content (AvgIpc) is 2.99. The highest BCUT2D eigenvalue weighted by atomic mass is 19.1. The summed E-state index contributed by atoms with van der Waals surface area (Å²) < 4.78 is 46.5. The van der Waals surface area contributed by atoms with Crippen molar-refractivity contribution in [3.05, 3.63) is 65.6 Å². The summed E-state index contributed by atoms with van der Waals surface area (Å²) in [4.78, 5) is 34.1. The molecule has 0 radical (unpaired) electrons. The van der Waals surface area contributed by atoms with Crippen molar-refractivity contribution in [2.24, 2.45) is 11.7 Å². The summed E-state index contributed by atoms with van der Waals surface area (Å²) in [6.07, 6.45) is 3.29. The third-order valence-electron chi connectivity index (χ3n) is 7.14. The number of carbonyl (C=O) groups excluding carboxylic acids is 2. The molecule has 11 nitrogen and oxygen atoms in total. The number of ether oxygens (including phenoxy) is 3. The molecule has 3 atom stereocenters. The van der Waals surface area contributed by atoms with Gasteiger partial charge in [-0.15, -0.1) is 0 Å². The highest BCUT2D eigenvalue weighted by Crippen LogP contribution is 2.36. The van der Waals surface area contributed by atoms with E-state index in [1.165, 1.54) is 20.3 Å². The van der Waals surface area contributed by atoms with E-state index in [0.717, 1.165) is 23.5 Å². The van der Waals surface area contributed by atoms with Crippen LogP contribution in [0.2, 0.25) is 0 Å². The number of methoxy groups -OCH3 is 2. The van der Waals surface area contributed by atoms with Crippen LogP contribution in [0.5, 0.6) is 5.75 Å². The number of aromatic nitrogens is 2. The van der Waals surface area contributed by atoms with Crippen LogP contribution in [-0.2, 0) is 15.9 Å². The van der Waals surface area contributed by atoms with Crippen molar-refractivity contribution in [3.8, 4) is 17.0 Å². The highest BCUT2D eigenvalue weighted by molar-refractivity contribution is 5.75. The molecule has 0 bridgehead atoms. The van der Waals surface area contributed by atoms with Crippen LogP contribution in [0.1, 0.15) is 16.1 Å². The molecule has 0 saturated carbocycles. The van der Waals surface area contributed by atoms with Gasteiger partial charge in [0.2, 0.25) is 0 Å². The van der Waals surface area contributed by atoms with Gasteiger partial charge in [-0.05, 0) is 36.2 Å². The lowest BCUT2D eigenvalue weighted by Gasteiger charge is -2.44. The van der Waals surface area contributed by atoms with Gasteiger partial charge in [0.1, 0.15) is 35.4 Å². The first-order chi connectivity index (χ1) is 20.3. The minimum atomic E-state index is -0.796. The fraction of sp³-hybridized carbons (Fsp3) is 0.379. The van der Waals surface area contributed by atoms with Gasteiger partial charge in [0.25, 0.3) is 0 Å². The lowest BCUT2D eigenvalue weighted by molar-refractivity contribution is 0.111. The third kappa shape index (κ3) is 6.92. The van der Waals surface area contributed by atoms with E-state index >= 15 is 8.78 Å². The van der Waals surface area contributed by atoms with Crippen molar-refractivity contribution in [3.63, 3.8) is 0 Å². The molecule has 1 amide bonds. The Morgan fingerprint density at radius 2 is 1.98 bits per heavy atom. The molecular formula is C29H34F2N6O5. The molecule has 2 aromatic heterocycles.